The average Bonchev–Trinajstić information content (AvgIpc) is 2.97. The molecular weight excluding hydrogens is 301 g/mol. The van der Waals surface area contributed by atoms with Gasteiger partial charge in [0.15, 0.2) is 5.76 Å². The van der Waals surface area contributed by atoms with Crippen molar-refractivity contribution in [2.75, 3.05) is 11.4 Å². The zero-order valence-electron chi connectivity index (χ0n) is 10.8. The number of furan rings is 1. The van der Waals surface area contributed by atoms with Gasteiger partial charge in [0, 0.05) is 18.5 Å². The van der Waals surface area contributed by atoms with Gasteiger partial charge in [-0.05, 0) is 24.6 Å². The van der Waals surface area contributed by atoms with E-state index in [1.54, 1.807) is 0 Å². The van der Waals surface area contributed by atoms with Gasteiger partial charge < -0.3 is 14.6 Å². The molecule has 2 N–H and O–H groups in total. The van der Waals surface area contributed by atoms with Gasteiger partial charge in [-0.2, -0.15) is 0 Å². The van der Waals surface area contributed by atoms with Crippen LogP contribution in [0.1, 0.15) is 12.8 Å². The summed E-state index contributed by atoms with van der Waals surface area (Å²) in [6.07, 6.45) is 1.000. The van der Waals surface area contributed by atoms with Crippen LogP contribution < -0.4 is 4.90 Å². The maximum atomic E-state index is 13.1. The predicted octanol–water partition coefficient (Wildman–Crippen LogP) is 3.28. The van der Waals surface area contributed by atoms with Gasteiger partial charge in [0.25, 0.3) is 0 Å². The van der Waals surface area contributed by atoms with E-state index in [1.165, 1.54) is 11.0 Å². The third-order valence-electron chi connectivity index (χ3n) is 3.34. The molecule has 5 nitrogen and oxygen atoms in total. The lowest BCUT2D eigenvalue weighted by atomic mass is 10.1. The normalized spacial score (nSPS) is 15.0. The highest BCUT2D eigenvalue weighted by atomic mass is 35.5. The summed E-state index contributed by atoms with van der Waals surface area (Å²) in [6, 6.07) is 3.54. The third kappa shape index (κ3) is 2.21. The van der Waals surface area contributed by atoms with Gasteiger partial charge in [-0.25, -0.2) is 4.39 Å². The molecule has 21 heavy (non-hydrogen) atoms. The van der Waals surface area contributed by atoms with Gasteiger partial charge in [0.05, 0.1) is 5.02 Å². The molecular formula is C14H11ClFNO4. The lowest BCUT2D eigenvalue weighted by molar-refractivity contribution is -0.117. The smallest absolute Gasteiger partial charge is 0.249 e. The Labute approximate surface area is 124 Å². The van der Waals surface area contributed by atoms with E-state index in [-0.39, 0.29) is 28.1 Å². The monoisotopic (exact) mass is 311 g/mol. The predicted molar refractivity (Wildman–Crippen MR) is 74.0 cm³/mol. The van der Waals surface area contributed by atoms with Crippen LogP contribution in [0.4, 0.5) is 10.3 Å². The molecule has 0 aliphatic carbocycles. The Morgan fingerprint density at radius 3 is 2.67 bits per heavy atom. The molecule has 110 valence electrons. The zero-order valence-corrected chi connectivity index (χ0v) is 11.5. The first-order chi connectivity index (χ1) is 9.99. The number of benzene rings is 1. The molecule has 1 amide bonds. The van der Waals surface area contributed by atoms with Crippen LogP contribution in [0.25, 0.3) is 11.3 Å². The Hall–Kier alpha value is -2.21. The van der Waals surface area contributed by atoms with Gasteiger partial charge in [-0.15, -0.1) is 0 Å². The highest BCUT2D eigenvalue weighted by Crippen LogP contribution is 2.49. The van der Waals surface area contributed by atoms with E-state index < -0.39 is 17.3 Å². The topological polar surface area (TPSA) is 73.9 Å². The SMILES string of the molecule is O=C1CCCN1c1oc(-c2ccc(F)cc2Cl)c(O)c1O. The maximum absolute atomic E-state index is 13.1. The fourth-order valence-corrected chi connectivity index (χ4v) is 2.56. The minimum atomic E-state index is -0.533. The molecule has 1 aromatic heterocycles. The summed E-state index contributed by atoms with van der Waals surface area (Å²) in [5.74, 6) is -2.01. The quantitative estimate of drug-likeness (QED) is 0.892. The van der Waals surface area contributed by atoms with E-state index in [0.717, 1.165) is 12.1 Å². The van der Waals surface area contributed by atoms with Crippen molar-refractivity contribution >= 4 is 23.4 Å². The molecule has 0 unspecified atom stereocenters. The number of carbonyl (C=O) groups is 1. The van der Waals surface area contributed by atoms with E-state index >= 15 is 0 Å². The van der Waals surface area contributed by atoms with Crippen molar-refractivity contribution in [3.05, 3.63) is 29.0 Å². The molecule has 1 aliphatic rings. The van der Waals surface area contributed by atoms with Gasteiger partial charge in [-0.1, -0.05) is 11.6 Å². The number of hydrogen-bond acceptors (Lipinski definition) is 4. The molecule has 0 saturated carbocycles. The number of amides is 1. The molecule has 3 rings (SSSR count). The van der Waals surface area contributed by atoms with Crippen LogP contribution in [0.2, 0.25) is 5.02 Å². The average molecular weight is 312 g/mol. The summed E-state index contributed by atoms with van der Waals surface area (Å²) < 4.78 is 18.5. The molecule has 0 bridgehead atoms. The number of carbonyl (C=O) groups excluding carboxylic acids is 1. The molecule has 2 aromatic rings. The Balaban J connectivity index is 2.10. The van der Waals surface area contributed by atoms with Crippen molar-refractivity contribution in [1.29, 1.82) is 0 Å². The fraction of sp³-hybridized carbons (Fsp3) is 0.214. The van der Waals surface area contributed by atoms with Crippen LogP contribution >= 0.6 is 11.6 Å². The van der Waals surface area contributed by atoms with Crippen molar-refractivity contribution < 1.29 is 23.8 Å². The lowest BCUT2D eigenvalue weighted by Gasteiger charge is -2.11. The molecule has 7 heteroatoms. The number of rotatable bonds is 2. The van der Waals surface area contributed by atoms with E-state index in [2.05, 4.69) is 0 Å². The Kier molecular flexibility index (Phi) is 3.25. The van der Waals surface area contributed by atoms with Crippen LogP contribution in [0.15, 0.2) is 22.6 Å². The van der Waals surface area contributed by atoms with Gasteiger partial charge in [0.1, 0.15) is 5.82 Å². The fourth-order valence-electron chi connectivity index (χ4n) is 2.30. The highest BCUT2D eigenvalue weighted by molar-refractivity contribution is 6.33. The number of nitrogens with zero attached hydrogens (tertiary/aromatic N) is 1. The van der Waals surface area contributed by atoms with E-state index in [0.29, 0.717) is 19.4 Å². The van der Waals surface area contributed by atoms with Crippen molar-refractivity contribution in [3.63, 3.8) is 0 Å². The molecule has 0 atom stereocenters. The summed E-state index contributed by atoms with van der Waals surface area (Å²) in [6.45, 7) is 0.399. The highest BCUT2D eigenvalue weighted by Gasteiger charge is 2.31. The molecule has 1 aromatic carbocycles. The minimum absolute atomic E-state index is 0.0262. The lowest BCUT2D eigenvalue weighted by Crippen LogP contribution is -2.23. The summed E-state index contributed by atoms with van der Waals surface area (Å²) in [5.41, 5.74) is 0.226. The minimum Gasteiger partial charge on any atom is -0.502 e. The van der Waals surface area contributed by atoms with Gasteiger partial charge in [0.2, 0.25) is 23.3 Å². The van der Waals surface area contributed by atoms with Crippen molar-refractivity contribution in [2.45, 2.75) is 12.8 Å². The molecule has 1 fully saturated rings. The largest absolute Gasteiger partial charge is 0.502 e. The second kappa shape index (κ2) is 4.96. The first-order valence-electron chi connectivity index (χ1n) is 6.29. The first kappa shape index (κ1) is 13.8. The van der Waals surface area contributed by atoms with Gasteiger partial charge in [-0.3, -0.25) is 9.69 Å². The maximum Gasteiger partial charge on any atom is 0.249 e. The van der Waals surface area contributed by atoms with Crippen molar-refractivity contribution in [2.24, 2.45) is 0 Å². The Morgan fingerprint density at radius 2 is 2.05 bits per heavy atom. The second-order valence-electron chi connectivity index (χ2n) is 4.71. The van der Waals surface area contributed by atoms with Crippen LogP contribution in [-0.4, -0.2) is 22.7 Å². The Morgan fingerprint density at radius 1 is 1.29 bits per heavy atom. The number of hydrogen-bond donors (Lipinski definition) is 2. The molecule has 0 spiro atoms. The standard InChI is InChI=1S/C14H11ClFNO4/c15-9-6-7(16)3-4-8(9)13-11(19)12(20)14(21-13)17-5-1-2-10(17)18/h3-4,6,19-20H,1-2,5H2. The third-order valence-corrected chi connectivity index (χ3v) is 3.65. The zero-order chi connectivity index (χ0) is 15.1. The summed E-state index contributed by atoms with van der Waals surface area (Å²) in [5, 5.41) is 20.0. The van der Waals surface area contributed by atoms with Crippen molar-refractivity contribution in [1.82, 2.24) is 0 Å². The van der Waals surface area contributed by atoms with Gasteiger partial charge >= 0.3 is 0 Å². The van der Waals surface area contributed by atoms with Crippen LogP contribution in [0.5, 0.6) is 11.5 Å². The summed E-state index contributed by atoms with van der Waals surface area (Å²) in [4.78, 5) is 13.0. The molecule has 2 heterocycles. The van der Waals surface area contributed by atoms with E-state index in [1.807, 2.05) is 0 Å². The molecule has 1 saturated heterocycles. The van der Waals surface area contributed by atoms with Crippen LogP contribution in [0.3, 0.4) is 0 Å². The number of halogens is 2. The van der Waals surface area contributed by atoms with E-state index in [4.69, 9.17) is 16.0 Å². The number of anilines is 1. The van der Waals surface area contributed by atoms with Crippen molar-refractivity contribution in [3.8, 4) is 22.8 Å². The Bertz CT molecular complexity index is 728. The summed E-state index contributed by atoms with van der Waals surface area (Å²) in [7, 11) is 0. The van der Waals surface area contributed by atoms with Crippen LogP contribution in [0, 0.1) is 5.82 Å². The number of aromatic hydroxyl groups is 2. The first-order valence-corrected chi connectivity index (χ1v) is 6.67. The summed E-state index contributed by atoms with van der Waals surface area (Å²) >= 11 is 5.91. The molecule has 0 radical (unpaired) electrons. The molecule has 1 aliphatic heterocycles. The van der Waals surface area contributed by atoms with E-state index in [9.17, 15) is 19.4 Å². The second-order valence-corrected chi connectivity index (χ2v) is 5.11. The van der Waals surface area contributed by atoms with Crippen LogP contribution in [-0.2, 0) is 4.79 Å².